The van der Waals surface area contributed by atoms with Gasteiger partial charge in [0.2, 0.25) is 5.82 Å². The van der Waals surface area contributed by atoms with Crippen LogP contribution in [0.2, 0.25) is 5.15 Å². The zero-order valence-corrected chi connectivity index (χ0v) is 12.2. The lowest BCUT2D eigenvalue weighted by atomic mass is 10.1. The van der Waals surface area contributed by atoms with Crippen molar-refractivity contribution >= 4 is 22.8 Å². The predicted molar refractivity (Wildman–Crippen MR) is 75.6 cm³/mol. The van der Waals surface area contributed by atoms with Crippen molar-refractivity contribution in [2.45, 2.75) is 19.6 Å². The monoisotopic (exact) mass is 326 g/mol. The standard InChI is InChI=1S/C14H10ClF3N4/c1-8-4-2-3-5-9(8)6-22-7-19-10-11(15)20-13(14(16,17)18)21-12(10)22/h2-5,7H,6H2,1H3. The van der Waals surface area contributed by atoms with Gasteiger partial charge in [-0.3, -0.25) is 0 Å². The molecule has 0 radical (unpaired) electrons. The van der Waals surface area contributed by atoms with Crippen molar-refractivity contribution in [1.82, 2.24) is 19.5 Å². The van der Waals surface area contributed by atoms with Gasteiger partial charge in [-0.1, -0.05) is 35.9 Å². The Morgan fingerprint density at radius 1 is 1.18 bits per heavy atom. The molecule has 0 spiro atoms. The Balaban J connectivity index is 2.11. The summed E-state index contributed by atoms with van der Waals surface area (Å²) in [5.41, 5.74) is 2.21. The number of imidazole rings is 1. The summed E-state index contributed by atoms with van der Waals surface area (Å²) in [6.45, 7) is 2.28. The van der Waals surface area contributed by atoms with Crippen molar-refractivity contribution in [3.63, 3.8) is 0 Å². The van der Waals surface area contributed by atoms with Crippen LogP contribution in [0.3, 0.4) is 0 Å². The molecular weight excluding hydrogens is 317 g/mol. The maximum absolute atomic E-state index is 12.8. The van der Waals surface area contributed by atoms with E-state index in [1.165, 1.54) is 10.9 Å². The van der Waals surface area contributed by atoms with Crippen molar-refractivity contribution in [3.05, 3.63) is 52.7 Å². The van der Waals surface area contributed by atoms with Gasteiger partial charge in [0.1, 0.15) is 5.52 Å². The topological polar surface area (TPSA) is 43.6 Å². The Labute approximate surface area is 128 Å². The molecule has 2 aromatic heterocycles. The Kier molecular flexibility index (Phi) is 3.52. The van der Waals surface area contributed by atoms with Crippen molar-refractivity contribution < 1.29 is 13.2 Å². The lowest BCUT2D eigenvalue weighted by Gasteiger charge is -2.09. The summed E-state index contributed by atoms with van der Waals surface area (Å²) in [5, 5.41) is -0.305. The van der Waals surface area contributed by atoms with Crippen LogP contribution in [0.25, 0.3) is 11.2 Å². The molecule has 1 aromatic carbocycles. The fourth-order valence-corrected chi connectivity index (χ4v) is 2.34. The molecule has 0 unspecified atom stereocenters. The fourth-order valence-electron chi connectivity index (χ4n) is 2.12. The van der Waals surface area contributed by atoms with E-state index in [0.29, 0.717) is 6.54 Å². The second kappa shape index (κ2) is 5.24. The van der Waals surface area contributed by atoms with E-state index < -0.39 is 12.0 Å². The Morgan fingerprint density at radius 3 is 2.59 bits per heavy atom. The SMILES string of the molecule is Cc1ccccc1Cn1cnc2c(Cl)nc(C(F)(F)F)nc21. The third-order valence-corrected chi connectivity index (χ3v) is 3.54. The summed E-state index contributed by atoms with van der Waals surface area (Å²) in [6.07, 6.45) is -3.24. The number of rotatable bonds is 2. The number of fused-ring (bicyclic) bond motifs is 1. The minimum absolute atomic E-state index is 0.0654. The zero-order valence-electron chi connectivity index (χ0n) is 11.4. The summed E-state index contributed by atoms with van der Waals surface area (Å²) in [5.74, 6) is -1.27. The molecule has 0 N–H and O–H groups in total. The lowest BCUT2D eigenvalue weighted by molar-refractivity contribution is -0.144. The first kappa shape index (κ1) is 14.8. The fraction of sp³-hybridized carbons (Fsp3) is 0.214. The number of nitrogens with zero attached hydrogens (tertiary/aromatic N) is 4. The maximum Gasteiger partial charge on any atom is 0.451 e. The molecule has 0 bridgehead atoms. The van der Waals surface area contributed by atoms with E-state index in [-0.39, 0.29) is 16.3 Å². The lowest BCUT2D eigenvalue weighted by Crippen LogP contribution is -2.12. The molecule has 0 aliphatic rings. The van der Waals surface area contributed by atoms with Crippen molar-refractivity contribution in [1.29, 1.82) is 0 Å². The Hall–Kier alpha value is -2.15. The van der Waals surface area contributed by atoms with Gasteiger partial charge in [-0.25, -0.2) is 15.0 Å². The van der Waals surface area contributed by atoms with E-state index in [1.54, 1.807) is 0 Å². The number of hydrogen-bond acceptors (Lipinski definition) is 3. The van der Waals surface area contributed by atoms with Gasteiger partial charge < -0.3 is 4.57 Å². The normalized spacial score (nSPS) is 12.0. The van der Waals surface area contributed by atoms with Gasteiger partial charge in [0.25, 0.3) is 0 Å². The summed E-state index contributed by atoms with van der Waals surface area (Å²) >= 11 is 5.79. The smallest absolute Gasteiger partial charge is 0.311 e. The molecule has 2 heterocycles. The van der Waals surface area contributed by atoms with E-state index in [1.807, 2.05) is 31.2 Å². The van der Waals surface area contributed by atoms with Crippen LogP contribution in [-0.2, 0) is 12.7 Å². The Morgan fingerprint density at radius 2 is 1.91 bits per heavy atom. The molecule has 0 saturated carbocycles. The van der Waals surface area contributed by atoms with Crippen molar-refractivity contribution in [2.24, 2.45) is 0 Å². The highest BCUT2D eigenvalue weighted by molar-refractivity contribution is 6.33. The van der Waals surface area contributed by atoms with Gasteiger partial charge in [-0.15, -0.1) is 0 Å². The summed E-state index contributed by atoms with van der Waals surface area (Å²) in [4.78, 5) is 10.8. The molecule has 114 valence electrons. The average molecular weight is 327 g/mol. The molecule has 3 aromatic rings. The summed E-state index contributed by atoms with van der Waals surface area (Å²) in [6, 6.07) is 7.59. The molecule has 8 heteroatoms. The summed E-state index contributed by atoms with van der Waals surface area (Å²) < 4.78 is 40.0. The number of halogens is 4. The highest BCUT2D eigenvalue weighted by atomic mass is 35.5. The average Bonchev–Trinajstić information content (AvgIpc) is 2.84. The maximum atomic E-state index is 12.8. The van der Waals surface area contributed by atoms with E-state index in [9.17, 15) is 13.2 Å². The van der Waals surface area contributed by atoms with Crippen LogP contribution in [-0.4, -0.2) is 19.5 Å². The van der Waals surface area contributed by atoms with Crippen LogP contribution in [0.4, 0.5) is 13.2 Å². The van der Waals surface area contributed by atoms with E-state index >= 15 is 0 Å². The molecule has 0 aliphatic heterocycles. The molecule has 0 fully saturated rings. The Bertz CT molecular complexity index is 842. The predicted octanol–water partition coefficient (Wildman–Crippen LogP) is 3.86. The molecule has 22 heavy (non-hydrogen) atoms. The van der Waals surface area contributed by atoms with E-state index in [2.05, 4.69) is 15.0 Å². The number of alkyl halides is 3. The molecule has 4 nitrogen and oxygen atoms in total. The van der Waals surface area contributed by atoms with Gasteiger partial charge in [-0.2, -0.15) is 13.2 Å². The molecule has 0 saturated heterocycles. The second-order valence-electron chi connectivity index (χ2n) is 4.81. The third-order valence-electron chi connectivity index (χ3n) is 3.28. The minimum Gasteiger partial charge on any atom is -0.311 e. The number of benzene rings is 1. The van der Waals surface area contributed by atoms with Crippen LogP contribution in [0.5, 0.6) is 0 Å². The van der Waals surface area contributed by atoms with Crippen molar-refractivity contribution in [2.75, 3.05) is 0 Å². The van der Waals surface area contributed by atoms with Crippen LogP contribution in [0.1, 0.15) is 17.0 Å². The van der Waals surface area contributed by atoms with Crippen LogP contribution >= 0.6 is 11.6 Å². The van der Waals surface area contributed by atoms with Gasteiger partial charge in [-0.05, 0) is 18.1 Å². The molecule has 3 rings (SSSR count). The molecule has 0 aliphatic carbocycles. The van der Waals surface area contributed by atoms with Gasteiger partial charge in [0.05, 0.1) is 12.9 Å². The van der Waals surface area contributed by atoms with Gasteiger partial charge in [0.15, 0.2) is 10.8 Å². The number of aromatic nitrogens is 4. The molecular formula is C14H10ClF3N4. The molecule has 0 atom stereocenters. The first-order valence-electron chi connectivity index (χ1n) is 6.36. The minimum atomic E-state index is -4.66. The molecule has 0 amide bonds. The van der Waals surface area contributed by atoms with Gasteiger partial charge >= 0.3 is 6.18 Å². The largest absolute Gasteiger partial charge is 0.451 e. The number of hydrogen-bond donors (Lipinski definition) is 0. The van der Waals surface area contributed by atoms with Crippen LogP contribution in [0, 0.1) is 6.92 Å². The van der Waals surface area contributed by atoms with E-state index in [4.69, 9.17) is 11.6 Å². The highest BCUT2D eigenvalue weighted by Crippen LogP contribution is 2.29. The van der Waals surface area contributed by atoms with E-state index in [0.717, 1.165) is 11.1 Å². The third kappa shape index (κ3) is 2.64. The highest BCUT2D eigenvalue weighted by Gasteiger charge is 2.36. The van der Waals surface area contributed by atoms with Gasteiger partial charge in [0, 0.05) is 0 Å². The van der Waals surface area contributed by atoms with Crippen LogP contribution in [0.15, 0.2) is 30.6 Å². The quantitative estimate of drug-likeness (QED) is 0.672. The second-order valence-corrected chi connectivity index (χ2v) is 5.16. The summed E-state index contributed by atoms with van der Waals surface area (Å²) in [7, 11) is 0. The zero-order chi connectivity index (χ0) is 15.9. The first-order valence-corrected chi connectivity index (χ1v) is 6.74. The van der Waals surface area contributed by atoms with Crippen LogP contribution < -0.4 is 0 Å². The van der Waals surface area contributed by atoms with Crippen molar-refractivity contribution in [3.8, 4) is 0 Å². The first-order chi connectivity index (χ1) is 10.4. The number of aryl methyl sites for hydroxylation is 1.